The van der Waals surface area contributed by atoms with Crippen molar-refractivity contribution >= 4 is 15.9 Å². The van der Waals surface area contributed by atoms with Gasteiger partial charge in [-0.2, -0.15) is 0 Å². The molecule has 1 heteroatoms. The molecule has 12 heavy (non-hydrogen) atoms. The van der Waals surface area contributed by atoms with Crippen molar-refractivity contribution in [1.29, 1.82) is 0 Å². The molecule has 1 fully saturated rings. The molecule has 1 aromatic rings. The van der Waals surface area contributed by atoms with Gasteiger partial charge in [-0.3, -0.25) is 0 Å². The van der Waals surface area contributed by atoms with Crippen molar-refractivity contribution in [1.82, 2.24) is 0 Å². The molecule has 0 bridgehead atoms. The van der Waals surface area contributed by atoms with E-state index in [2.05, 4.69) is 46.3 Å². The fourth-order valence-corrected chi connectivity index (χ4v) is 2.83. The van der Waals surface area contributed by atoms with E-state index in [4.69, 9.17) is 0 Å². The summed E-state index contributed by atoms with van der Waals surface area (Å²) in [4.78, 5) is 0.797. The third-order valence-corrected chi connectivity index (χ3v) is 3.29. The van der Waals surface area contributed by atoms with Crippen LogP contribution >= 0.6 is 15.9 Å². The largest absolute Gasteiger partial charge is 0.0890 e. The summed E-state index contributed by atoms with van der Waals surface area (Å²) in [6.07, 6.45) is 3.98. The van der Waals surface area contributed by atoms with E-state index >= 15 is 0 Å². The minimum atomic E-state index is 0.797. The standard InChI is InChI=1S/C11H13Br/c12-11-7-10(8-11)6-9-4-2-1-3-5-9/h1-5,10-11H,6-8H2. The van der Waals surface area contributed by atoms with E-state index in [9.17, 15) is 0 Å². The van der Waals surface area contributed by atoms with Gasteiger partial charge in [0, 0.05) is 4.83 Å². The van der Waals surface area contributed by atoms with E-state index in [1.54, 1.807) is 0 Å². The van der Waals surface area contributed by atoms with Crippen molar-refractivity contribution in [2.75, 3.05) is 0 Å². The molecule has 0 saturated heterocycles. The Labute approximate surface area is 82.1 Å². The minimum Gasteiger partial charge on any atom is -0.0890 e. The molecule has 1 aromatic carbocycles. The van der Waals surface area contributed by atoms with Crippen LogP contribution in [0.1, 0.15) is 18.4 Å². The van der Waals surface area contributed by atoms with Crippen molar-refractivity contribution in [3.63, 3.8) is 0 Å². The number of hydrogen-bond donors (Lipinski definition) is 0. The number of hydrogen-bond acceptors (Lipinski definition) is 0. The van der Waals surface area contributed by atoms with Crippen LogP contribution in [-0.2, 0) is 6.42 Å². The Morgan fingerprint density at radius 2 is 1.83 bits per heavy atom. The smallest absolute Gasteiger partial charge is 0.0151 e. The Morgan fingerprint density at radius 1 is 1.17 bits per heavy atom. The molecule has 64 valence electrons. The zero-order valence-electron chi connectivity index (χ0n) is 7.04. The second-order valence-corrected chi connectivity index (χ2v) is 4.92. The molecule has 0 spiro atoms. The summed E-state index contributed by atoms with van der Waals surface area (Å²) in [5.41, 5.74) is 1.49. The maximum atomic E-state index is 3.61. The van der Waals surface area contributed by atoms with E-state index in [-0.39, 0.29) is 0 Å². The quantitative estimate of drug-likeness (QED) is 0.676. The van der Waals surface area contributed by atoms with Crippen LogP contribution in [0.3, 0.4) is 0 Å². The van der Waals surface area contributed by atoms with Crippen LogP contribution in [0.2, 0.25) is 0 Å². The summed E-state index contributed by atoms with van der Waals surface area (Å²) >= 11 is 3.61. The Kier molecular flexibility index (Phi) is 2.50. The monoisotopic (exact) mass is 224 g/mol. The first-order chi connectivity index (χ1) is 5.84. The fraction of sp³-hybridized carbons (Fsp3) is 0.455. The molecule has 0 aromatic heterocycles. The van der Waals surface area contributed by atoms with Crippen LogP contribution < -0.4 is 0 Å². The first-order valence-corrected chi connectivity index (χ1v) is 5.44. The molecule has 2 rings (SSSR count). The van der Waals surface area contributed by atoms with Gasteiger partial charge < -0.3 is 0 Å². The van der Waals surface area contributed by atoms with Gasteiger partial charge in [0.1, 0.15) is 0 Å². The average molecular weight is 225 g/mol. The van der Waals surface area contributed by atoms with E-state index in [1.165, 1.54) is 24.8 Å². The van der Waals surface area contributed by atoms with Crippen LogP contribution in [-0.4, -0.2) is 4.83 Å². The molecule has 0 atom stereocenters. The van der Waals surface area contributed by atoms with Gasteiger partial charge >= 0.3 is 0 Å². The molecule has 0 heterocycles. The van der Waals surface area contributed by atoms with Crippen molar-refractivity contribution in [2.45, 2.75) is 24.1 Å². The highest BCUT2D eigenvalue weighted by Gasteiger charge is 2.26. The van der Waals surface area contributed by atoms with Gasteiger partial charge in [-0.1, -0.05) is 46.3 Å². The molecule has 0 unspecified atom stereocenters. The Morgan fingerprint density at radius 3 is 2.42 bits per heavy atom. The van der Waals surface area contributed by atoms with E-state index in [0.717, 1.165) is 10.7 Å². The fourth-order valence-electron chi connectivity index (χ4n) is 1.77. The van der Waals surface area contributed by atoms with Crippen LogP contribution in [0.15, 0.2) is 30.3 Å². The molecule has 0 nitrogen and oxygen atoms in total. The van der Waals surface area contributed by atoms with E-state index in [0.29, 0.717) is 0 Å². The predicted octanol–water partition coefficient (Wildman–Crippen LogP) is 3.40. The van der Waals surface area contributed by atoms with Crippen LogP contribution in [0.4, 0.5) is 0 Å². The van der Waals surface area contributed by atoms with Gasteiger partial charge in [0.25, 0.3) is 0 Å². The lowest BCUT2D eigenvalue weighted by atomic mass is 9.81. The first-order valence-electron chi connectivity index (χ1n) is 4.52. The number of rotatable bonds is 2. The summed E-state index contributed by atoms with van der Waals surface area (Å²) in [5, 5.41) is 0. The molecular formula is C11H13Br. The van der Waals surface area contributed by atoms with Gasteiger partial charge in [-0.25, -0.2) is 0 Å². The predicted molar refractivity (Wildman–Crippen MR) is 55.6 cm³/mol. The van der Waals surface area contributed by atoms with Crippen LogP contribution in [0.25, 0.3) is 0 Å². The third kappa shape index (κ3) is 1.89. The van der Waals surface area contributed by atoms with Crippen molar-refractivity contribution in [3.05, 3.63) is 35.9 Å². The lowest BCUT2D eigenvalue weighted by Crippen LogP contribution is -2.25. The zero-order chi connectivity index (χ0) is 8.39. The summed E-state index contributed by atoms with van der Waals surface area (Å²) in [7, 11) is 0. The van der Waals surface area contributed by atoms with Gasteiger partial charge in [0.2, 0.25) is 0 Å². The molecule has 1 saturated carbocycles. The number of alkyl halides is 1. The molecular weight excluding hydrogens is 212 g/mol. The van der Waals surface area contributed by atoms with Crippen molar-refractivity contribution < 1.29 is 0 Å². The molecule has 0 aliphatic heterocycles. The summed E-state index contributed by atoms with van der Waals surface area (Å²) < 4.78 is 0. The first kappa shape index (κ1) is 8.31. The summed E-state index contributed by atoms with van der Waals surface area (Å²) in [6.45, 7) is 0. The lowest BCUT2D eigenvalue weighted by molar-refractivity contribution is 0.332. The van der Waals surface area contributed by atoms with Gasteiger partial charge in [0.15, 0.2) is 0 Å². The normalized spacial score (nSPS) is 28.1. The SMILES string of the molecule is BrC1CC(Cc2ccccc2)C1. The zero-order valence-corrected chi connectivity index (χ0v) is 8.63. The summed E-state index contributed by atoms with van der Waals surface area (Å²) in [6, 6.07) is 10.8. The topological polar surface area (TPSA) is 0 Å². The maximum Gasteiger partial charge on any atom is 0.0151 e. The van der Waals surface area contributed by atoms with Gasteiger partial charge in [-0.15, -0.1) is 0 Å². The highest BCUT2D eigenvalue weighted by atomic mass is 79.9. The number of benzene rings is 1. The minimum absolute atomic E-state index is 0.797. The van der Waals surface area contributed by atoms with Crippen LogP contribution in [0, 0.1) is 5.92 Å². The van der Waals surface area contributed by atoms with Gasteiger partial charge in [0.05, 0.1) is 0 Å². The van der Waals surface area contributed by atoms with Crippen LogP contribution in [0.5, 0.6) is 0 Å². The van der Waals surface area contributed by atoms with E-state index < -0.39 is 0 Å². The summed E-state index contributed by atoms with van der Waals surface area (Å²) in [5.74, 6) is 0.928. The second-order valence-electron chi connectivity index (χ2n) is 3.62. The van der Waals surface area contributed by atoms with Crippen molar-refractivity contribution in [2.24, 2.45) is 5.92 Å². The highest BCUT2D eigenvalue weighted by Crippen LogP contribution is 2.35. The van der Waals surface area contributed by atoms with E-state index in [1.807, 2.05) is 0 Å². The maximum absolute atomic E-state index is 3.61. The lowest BCUT2D eigenvalue weighted by Gasteiger charge is -2.31. The average Bonchev–Trinajstić information content (AvgIpc) is 2.04. The third-order valence-electron chi connectivity index (χ3n) is 2.55. The molecule has 1 aliphatic carbocycles. The second kappa shape index (κ2) is 3.61. The Hall–Kier alpha value is -0.300. The highest BCUT2D eigenvalue weighted by molar-refractivity contribution is 9.09. The number of halogens is 1. The molecule has 1 aliphatic rings. The Bertz CT molecular complexity index is 236. The van der Waals surface area contributed by atoms with Gasteiger partial charge in [-0.05, 0) is 30.7 Å². The molecule has 0 radical (unpaired) electrons. The molecule has 0 amide bonds. The Balaban J connectivity index is 1.88. The van der Waals surface area contributed by atoms with Crippen molar-refractivity contribution in [3.8, 4) is 0 Å². The molecule has 0 N–H and O–H groups in total.